The number of halogens is 2. The number of carbonyl (C=O) groups excluding carboxylic acids is 1. The average Bonchev–Trinajstić information content (AvgIpc) is 3.08. The van der Waals surface area contributed by atoms with E-state index >= 15 is 0 Å². The van der Waals surface area contributed by atoms with E-state index in [4.69, 9.17) is 25.6 Å². The van der Waals surface area contributed by atoms with Gasteiger partial charge in [-0.2, -0.15) is 0 Å². The Morgan fingerprint density at radius 1 is 1.16 bits per heavy atom. The smallest absolute Gasteiger partial charge is 0.344 e. The highest BCUT2D eigenvalue weighted by Crippen LogP contribution is 2.23. The maximum atomic E-state index is 13.7. The zero-order chi connectivity index (χ0) is 17.6. The first-order chi connectivity index (χ1) is 12.1. The van der Waals surface area contributed by atoms with E-state index in [0.717, 1.165) is 0 Å². The van der Waals surface area contributed by atoms with Gasteiger partial charge in [-0.05, 0) is 36.4 Å². The molecule has 0 saturated heterocycles. The van der Waals surface area contributed by atoms with E-state index in [2.05, 4.69) is 5.16 Å². The van der Waals surface area contributed by atoms with Gasteiger partial charge in [0.15, 0.2) is 12.4 Å². The van der Waals surface area contributed by atoms with E-state index in [9.17, 15) is 9.18 Å². The molecule has 128 valence electrons. The minimum atomic E-state index is -0.564. The maximum absolute atomic E-state index is 13.7. The summed E-state index contributed by atoms with van der Waals surface area (Å²) < 4.78 is 29.1. The molecule has 25 heavy (non-hydrogen) atoms. The molecule has 0 radical (unpaired) electrons. The normalized spacial score (nSPS) is 10.5. The molecule has 0 amide bonds. The zero-order valence-electron chi connectivity index (χ0n) is 12.9. The maximum Gasteiger partial charge on any atom is 0.344 e. The minimum absolute atomic E-state index is 0.0965. The van der Waals surface area contributed by atoms with Crippen LogP contribution in [-0.4, -0.2) is 17.7 Å². The van der Waals surface area contributed by atoms with E-state index in [1.54, 1.807) is 42.5 Å². The highest BCUT2D eigenvalue weighted by atomic mass is 35.5. The molecule has 0 bridgehead atoms. The third kappa shape index (κ3) is 4.58. The van der Waals surface area contributed by atoms with E-state index in [-0.39, 0.29) is 19.0 Å². The van der Waals surface area contributed by atoms with Gasteiger partial charge in [0.25, 0.3) is 0 Å². The van der Waals surface area contributed by atoms with Crippen LogP contribution in [0, 0.1) is 5.82 Å². The van der Waals surface area contributed by atoms with Crippen molar-refractivity contribution in [2.75, 3.05) is 6.61 Å². The van der Waals surface area contributed by atoms with Gasteiger partial charge in [-0.15, -0.1) is 0 Å². The number of carbonyl (C=O) groups is 1. The number of hydrogen-bond acceptors (Lipinski definition) is 5. The average molecular weight is 362 g/mol. The number of nitrogens with zero attached hydrogens (tertiary/aromatic N) is 1. The van der Waals surface area contributed by atoms with Crippen molar-refractivity contribution in [2.24, 2.45) is 0 Å². The van der Waals surface area contributed by atoms with Crippen LogP contribution >= 0.6 is 11.6 Å². The lowest BCUT2D eigenvalue weighted by molar-refractivity contribution is -0.147. The molecule has 0 N–H and O–H groups in total. The molecule has 7 heteroatoms. The Morgan fingerprint density at radius 3 is 2.68 bits per heavy atom. The van der Waals surface area contributed by atoms with Crippen molar-refractivity contribution in [1.29, 1.82) is 0 Å². The van der Waals surface area contributed by atoms with Crippen LogP contribution in [0.3, 0.4) is 0 Å². The molecular formula is C18H13ClFNO4. The van der Waals surface area contributed by atoms with Crippen molar-refractivity contribution in [2.45, 2.75) is 6.61 Å². The minimum Gasteiger partial charge on any atom is -0.482 e. The number of aromatic nitrogens is 1. The summed E-state index contributed by atoms with van der Waals surface area (Å²) in [6.45, 7) is -0.347. The van der Waals surface area contributed by atoms with E-state index in [1.165, 1.54) is 12.1 Å². The first-order valence-corrected chi connectivity index (χ1v) is 7.74. The predicted octanol–water partition coefficient (Wildman–Crippen LogP) is 4.26. The van der Waals surface area contributed by atoms with Crippen molar-refractivity contribution in [1.82, 2.24) is 5.16 Å². The summed E-state index contributed by atoms with van der Waals surface area (Å²) in [5.74, 6) is -0.213. The Kier molecular flexibility index (Phi) is 5.30. The molecule has 0 fully saturated rings. The van der Waals surface area contributed by atoms with Crippen LogP contribution in [0.15, 0.2) is 59.1 Å². The SMILES string of the molecule is O=C(COc1ccc(Cl)cc1)OCc1cc(-c2ccccc2F)on1. The molecule has 0 aliphatic carbocycles. The van der Waals surface area contributed by atoms with Crippen LogP contribution in [0.4, 0.5) is 4.39 Å². The summed E-state index contributed by atoms with van der Waals surface area (Å²) in [5.41, 5.74) is 0.664. The fourth-order valence-electron chi connectivity index (χ4n) is 2.04. The van der Waals surface area contributed by atoms with Gasteiger partial charge < -0.3 is 14.0 Å². The van der Waals surface area contributed by atoms with Gasteiger partial charge in [0.1, 0.15) is 23.9 Å². The molecule has 1 aromatic heterocycles. The molecule has 3 aromatic rings. The summed E-state index contributed by atoms with van der Waals surface area (Å²) in [4.78, 5) is 11.7. The van der Waals surface area contributed by atoms with Crippen LogP contribution in [0.5, 0.6) is 5.75 Å². The van der Waals surface area contributed by atoms with Crippen molar-refractivity contribution in [3.05, 3.63) is 71.1 Å². The number of esters is 1. The predicted molar refractivity (Wildman–Crippen MR) is 88.6 cm³/mol. The number of rotatable bonds is 6. The Labute approximate surface area is 147 Å². The summed E-state index contributed by atoms with van der Waals surface area (Å²) in [5, 5.41) is 4.33. The monoisotopic (exact) mass is 361 g/mol. The first-order valence-electron chi connectivity index (χ1n) is 7.36. The van der Waals surface area contributed by atoms with Crippen molar-refractivity contribution in [3.8, 4) is 17.1 Å². The Bertz CT molecular complexity index is 864. The Balaban J connectivity index is 1.51. The fourth-order valence-corrected chi connectivity index (χ4v) is 2.16. The van der Waals surface area contributed by atoms with Crippen LogP contribution in [-0.2, 0) is 16.1 Å². The lowest BCUT2D eigenvalue weighted by atomic mass is 10.1. The van der Waals surface area contributed by atoms with Gasteiger partial charge in [-0.25, -0.2) is 9.18 Å². The van der Waals surface area contributed by atoms with Crippen molar-refractivity contribution in [3.63, 3.8) is 0 Å². The number of ether oxygens (including phenoxy) is 2. The first kappa shape index (κ1) is 17.0. The fraction of sp³-hybridized carbons (Fsp3) is 0.111. The molecule has 0 unspecified atom stereocenters. The molecular weight excluding hydrogens is 349 g/mol. The molecule has 0 aliphatic heterocycles. The van der Waals surface area contributed by atoms with Gasteiger partial charge in [0, 0.05) is 11.1 Å². The van der Waals surface area contributed by atoms with Crippen LogP contribution < -0.4 is 4.74 Å². The highest BCUT2D eigenvalue weighted by Gasteiger charge is 2.12. The van der Waals surface area contributed by atoms with Crippen molar-refractivity contribution >= 4 is 17.6 Å². The highest BCUT2D eigenvalue weighted by molar-refractivity contribution is 6.30. The summed E-state index contributed by atoms with van der Waals surface area (Å²) in [6.07, 6.45) is 0. The standard InChI is InChI=1S/C18H13ClFNO4/c19-12-5-7-14(8-6-12)23-11-18(22)24-10-13-9-17(25-21-13)15-3-1-2-4-16(15)20/h1-9H,10-11H2. The number of benzene rings is 2. The zero-order valence-corrected chi connectivity index (χ0v) is 13.7. The van der Waals surface area contributed by atoms with Gasteiger partial charge in [0.2, 0.25) is 0 Å². The lowest BCUT2D eigenvalue weighted by Gasteiger charge is -2.05. The molecule has 0 saturated carbocycles. The molecule has 3 rings (SSSR count). The van der Waals surface area contributed by atoms with E-state index < -0.39 is 11.8 Å². The molecule has 2 aromatic carbocycles. The van der Waals surface area contributed by atoms with Gasteiger partial charge in [0.05, 0.1) is 5.56 Å². The second-order valence-electron chi connectivity index (χ2n) is 5.07. The topological polar surface area (TPSA) is 61.6 Å². The largest absolute Gasteiger partial charge is 0.482 e. The molecule has 5 nitrogen and oxygen atoms in total. The van der Waals surface area contributed by atoms with Crippen LogP contribution in [0.1, 0.15) is 5.69 Å². The van der Waals surface area contributed by atoms with Crippen LogP contribution in [0.2, 0.25) is 5.02 Å². The quantitative estimate of drug-likeness (QED) is 0.614. The third-order valence-corrected chi connectivity index (χ3v) is 3.50. The second-order valence-corrected chi connectivity index (χ2v) is 5.50. The summed E-state index contributed by atoms with van der Waals surface area (Å²) >= 11 is 5.76. The summed E-state index contributed by atoms with van der Waals surface area (Å²) in [7, 11) is 0. The molecule has 0 spiro atoms. The third-order valence-electron chi connectivity index (χ3n) is 3.25. The van der Waals surface area contributed by atoms with Gasteiger partial charge in [-0.1, -0.05) is 28.9 Å². The second kappa shape index (κ2) is 7.81. The van der Waals surface area contributed by atoms with Gasteiger partial charge in [-0.3, -0.25) is 0 Å². The molecule has 0 atom stereocenters. The molecule has 0 aliphatic rings. The van der Waals surface area contributed by atoms with E-state index in [0.29, 0.717) is 22.0 Å². The van der Waals surface area contributed by atoms with Crippen LogP contribution in [0.25, 0.3) is 11.3 Å². The van der Waals surface area contributed by atoms with E-state index in [1.807, 2.05) is 0 Å². The van der Waals surface area contributed by atoms with Gasteiger partial charge >= 0.3 is 5.97 Å². The number of hydrogen-bond donors (Lipinski definition) is 0. The molecule has 1 heterocycles. The Morgan fingerprint density at radius 2 is 1.92 bits per heavy atom. The Hall–Kier alpha value is -2.86. The lowest BCUT2D eigenvalue weighted by Crippen LogP contribution is -2.14. The summed E-state index contributed by atoms with van der Waals surface area (Å²) in [6, 6.07) is 14.3. The van der Waals surface area contributed by atoms with Crippen molar-refractivity contribution < 1.29 is 23.2 Å².